The van der Waals surface area contributed by atoms with Crippen molar-refractivity contribution in [3.63, 3.8) is 0 Å². The zero-order valence-electron chi connectivity index (χ0n) is 8.93. The molecule has 0 unspecified atom stereocenters. The number of hydrogen-bond donors (Lipinski definition) is 0. The minimum atomic E-state index is 0.612. The number of rotatable bonds is 4. The van der Waals surface area contributed by atoms with Crippen LogP contribution in [0.4, 0.5) is 0 Å². The van der Waals surface area contributed by atoms with Crippen molar-refractivity contribution < 1.29 is 4.74 Å². The van der Waals surface area contributed by atoms with Crippen LogP contribution in [0.25, 0.3) is 0 Å². The van der Waals surface area contributed by atoms with Gasteiger partial charge in [0.05, 0.1) is 12.7 Å². The van der Waals surface area contributed by atoms with E-state index in [-0.39, 0.29) is 0 Å². The van der Waals surface area contributed by atoms with Crippen LogP contribution in [0.3, 0.4) is 0 Å². The molecule has 4 nitrogen and oxygen atoms in total. The summed E-state index contributed by atoms with van der Waals surface area (Å²) in [4.78, 5) is 8.23. The summed E-state index contributed by atoms with van der Waals surface area (Å²) in [6, 6.07) is 3.75. The van der Waals surface area contributed by atoms with Gasteiger partial charge in [0, 0.05) is 12.4 Å². The summed E-state index contributed by atoms with van der Waals surface area (Å²) in [6.07, 6.45) is 5.43. The Bertz CT molecular complexity index is 453. The Balaban J connectivity index is 1.84. The third kappa shape index (κ3) is 2.82. The van der Waals surface area contributed by atoms with E-state index >= 15 is 0 Å². The highest BCUT2D eigenvalue weighted by Crippen LogP contribution is 2.12. The maximum absolute atomic E-state index is 5.56. The van der Waals surface area contributed by atoms with E-state index in [1.54, 1.807) is 12.4 Å². The molecule has 0 aromatic carbocycles. The molecule has 16 heavy (non-hydrogen) atoms. The summed E-state index contributed by atoms with van der Waals surface area (Å²) in [5.41, 5.74) is 0. The zero-order chi connectivity index (χ0) is 11.4. The second kappa shape index (κ2) is 5.12. The third-order valence-electron chi connectivity index (χ3n) is 2.22. The van der Waals surface area contributed by atoms with Gasteiger partial charge in [-0.1, -0.05) is 0 Å². The number of nitrogens with zero attached hydrogens (tertiary/aromatic N) is 3. The molecule has 0 N–H and O–H groups in total. The Labute approximate surface area is 102 Å². The molecule has 0 aliphatic rings. The molecular weight excluding hydrogens is 270 g/mol. The molecule has 0 saturated heterocycles. The Hall–Kier alpha value is -1.36. The smallest absolute Gasteiger partial charge is 0.137 e. The number of aromatic nitrogens is 3. The number of imidazole rings is 1. The highest BCUT2D eigenvalue weighted by molar-refractivity contribution is 9.10. The summed E-state index contributed by atoms with van der Waals surface area (Å²) in [7, 11) is 0. The van der Waals surface area contributed by atoms with Gasteiger partial charge in [-0.25, -0.2) is 9.97 Å². The monoisotopic (exact) mass is 281 g/mol. The van der Waals surface area contributed by atoms with Crippen LogP contribution >= 0.6 is 15.9 Å². The maximum Gasteiger partial charge on any atom is 0.137 e. The molecule has 0 atom stereocenters. The average molecular weight is 282 g/mol. The van der Waals surface area contributed by atoms with Gasteiger partial charge in [-0.05, 0) is 35.0 Å². The van der Waals surface area contributed by atoms with E-state index in [9.17, 15) is 0 Å². The van der Waals surface area contributed by atoms with E-state index in [0.717, 1.165) is 22.7 Å². The lowest BCUT2D eigenvalue weighted by Crippen LogP contribution is -2.08. The van der Waals surface area contributed by atoms with Crippen LogP contribution in [0.15, 0.2) is 35.3 Å². The van der Waals surface area contributed by atoms with E-state index in [4.69, 9.17) is 4.74 Å². The Morgan fingerprint density at radius 2 is 2.25 bits per heavy atom. The van der Waals surface area contributed by atoms with E-state index < -0.39 is 0 Å². The molecule has 0 bridgehead atoms. The van der Waals surface area contributed by atoms with Crippen LogP contribution in [0.2, 0.25) is 0 Å². The summed E-state index contributed by atoms with van der Waals surface area (Å²) in [5, 5.41) is 0. The molecular formula is C11H12BrN3O. The number of ether oxygens (including phenoxy) is 1. The standard InChI is InChI=1S/C11H12BrN3O/c1-9-13-4-5-15(9)6-7-16-10-2-3-11(12)14-8-10/h2-5,8H,6-7H2,1H3. The zero-order valence-corrected chi connectivity index (χ0v) is 10.5. The van der Waals surface area contributed by atoms with E-state index in [1.165, 1.54) is 0 Å². The molecule has 0 saturated carbocycles. The molecule has 84 valence electrons. The first-order valence-corrected chi connectivity index (χ1v) is 5.77. The fraction of sp³-hybridized carbons (Fsp3) is 0.273. The Morgan fingerprint density at radius 1 is 1.38 bits per heavy atom. The van der Waals surface area contributed by atoms with Crippen molar-refractivity contribution >= 4 is 15.9 Å². The summed E-state index contributed by atoms with van der Waals surface area (Å²) < 4.78 is 8.42. The van der Waals surface area contributed by atoms with Gasteiger partial charge in [0.2, 0.25) is 0 Å². The molecule has 2 aromatic rings. The summed E-state index contributed by atoms with van der Waals surface area (Å²) in [6.45, 7) is 3.38. The van der Waals surface area contributed by atoms with Crippen LogP contribution in [0, 0.1) is 6.92 Å². The van der Waals surface area contributed by atoms with Crippen LogP contribution in [0.5, 0.6) is 5.75 Å². The SMILES string of the molecule is Cc1nccn1CCOc1ccc(Br)nc1. The van der Waals surface area contributed by atoms with Gasteiger partial charge in [0.1, 0.15) is 22.8 Å². The van der Waals surface area contributed by atoms with Crippen molar-refractivity contribution in [3.8, 4) is 5.75 Å². The number of halogens is 1. The predicted molar refractivity (Wildman–Crippen MR) is 64.4 cm³/mol. The number of aryl methyl sites for hydroxylation is 1. The topological polar surface area (TPSA) is 39.9 Å². The first kappa shape index (κ1) is 11.1. The second-order valence-corrected chi connectivity index (χ2v) is 4.15. The highest BCUT2D eigenvalue weighted by atomic mass is 79.9. The first-order chi connectivity index (χ1) is 7.75. The third-order valence-corrected chi connectivity index (χ3v) is 2.69. The quantitative estimate of drug-likeness (QED) is 0.808. The van der Waals surface area contributed by atoms with Gasteiger partial charge in [-0.15, -0.1) is 0 Å². The molecule has 2 heterocycles. The van der Waals surface area contributed by atoms with E-state index in [2.05, 4.69) is 25.9 Å². The van der Waals surface area contributed by atoms with Gasteiger partial charge in [-0.3, -0.25) is 0 Å². The van der Waals surface area contributed by atoms with Gasteiger partial charge >= 0.3 is 0 Å². The van der Waals surface area contributed by atoms with Crippen LogP contribution in [0.1, 0.15) is 5.82 Å². The lowest BCUT2D eigenvalue weighted by molar-refractivity contribution is 0.296. The van der Waals surface area contributed by atoms with E-state index in [0.29, 0.717) is 6.61 Å². The molecule has 0 spiro atoms. The van der Waals surface area contributed by atoms with Crippen molar-refractivity contribution in [3.05, 3.63) is 41.2 Å². The average Bonchev–Trinajstić information content (AvgIpc) is 2.68. The molecule has 0 aliphatic heterocycles. The summed E-state index contributed by atoms with van der Waals surface area (Å²) in [5.74, 6) is 1.78. The minimum Gasteiger partial charge on any atom is -0.490 e. The summed E-state index contributed by atoms with van der Waals surface area (Å²) >= 11 is 3.28. The minimum absolute atomic E-state index is 0.612. The molecule has 0 aliphatic carbocycles. The lowest BCUT2D eigenvalue weighted by atomic mass is 10.5. The maximum atomic E-state index is 5.56. The van der Waals surface area contributed by atoms with E-state index in [1.807, 2.05) is 29.8 Å². The molecule has 0 fully saturated rings. The highest BCUT2D eigenvalue weighted by Gasteiger charge is 1.98. The van der Waals surface area contributed by atoms with Crippen molar-refractivity contribution in [2.24, 2.45) is 0 Å². The predicted octanol–water partition coefficient (Wildman–Crippen LogP) is 2.43. The molecule has 0 amide bonds. The molecule has 0 radical (unpaired) electrons. The Morgan fingerprint density at radius 3 is 2.88 bits per heavy atom. The normalized spacial score (nSPS) is 10.4. The van der Waals surface area contributed by atoms with Crippen molar-refractivity contribution in [1.29, 1.82) is 0 Å². The number of pyridine rings is 1. The Kier molecular flexibility index (Phi) is 3.56. The van der Waals surface area contributed by atoms with Crippen LogP contribution in [-0.2, 0) is 6.54 Å². The molecule has 5 heteroatoms. The van der Waals surface area contributed by atoms with Crippen LogP contribution < -0.4 is 4.74 Å². The fourth-order valence-electron chi connectivity index (χ4n) is 1.35. The van der Waals surface area contributed by atoms with Gasteiger partial charge in [0.25, 0.3) is 0 Å². The van der Waals surface area contributed by atoms with Gasteiger partial charge < -0.3 is 9.30 Å². The second-order valence-electron chi connectivity index (χ2n) is 3.33. The van der Waals surface area contributed by atoms with Gasteiger partial charge in [0.15, 0.2) is 0 Å². The van der Waals surface area contributed by atoms with Crippen molar-refractivity contribution in [2.45, 2.75) is 13.5 Å². The first-order valence-electron chi connectivity index (χ1n) is 4.98. The van der Waals surface area contributed by atoms with Crippen molar-refractivity contribution in [2.75, 3.05) is 6.61 Å². The number of hydrogen-bond acceptors (Lipinski definition) is 3. The largest absolute Gasteiger partial charge is 0.490 e. The lowest BCUT2D eigenvalue weighted by Gasteiger charge is -2.07. The van der Waals surface area contributed by atoms with Gasteiger partial charge in [-0.2, -0.15) is 0 Å². The molecule has 2 rings (SSSR count). The van der Waals surface area contributed by atoms with Crippen molar-refractivity contribution in [1.82, 2.24) is 14.5 Å². The fourth-order valence-corrected chi connectivity index (χ4v) is 1.58. The molecule has 2 aromatic heterocycles. The van der Waals surface area contributed by atoms with Crippen LogP contribution in [-0.4, -0.2) is 21.1 Å².